The maximum Gasteiger partial charge on any atom is 0.500 e. The lowest BCUT2D eigenvalue weighted by Crippen LogP contribution is -2.43. The third-order valence-corrected chi connectivity index (χ3v) is 6.01. The van der Waals surface area contributed by atoms with Crippen LogP contribution in [-0.4, -0.2) is 54.2 Å². The zero-order valence-corrected chi connectivity index (χ0v) is 12.8. The Hall–Kier alpha value is 0.0769. The van der Waals surface area contributed by atoms with Crippen LogP contribution < -0.4 is 0 Å². The second-order valence-electron chi connectivity index (χ2n) is 3.28. The maximum absolute atomic E-state index is 11.2. The molecule has 17 heavy (non-hydrogen) atoms. The van der Waals surface area contributed by atoms with Crippen LogP contribution in [0.2, 0.25) is 6.04 Å². The molecule has 102 valence electrons. The molecule has 0 fully saturated rings. The molecule has 0 spiro atoms. The third kappa shape index (κ3) is 7.17. The van der Waals surface area contributed by atoms with Crippen LogP contribution in [0.25, 0.3) is 0 Å². The van der Waals surface area contributed by atoms with Crippen LogP contribution >= 0.6 is 11.8 Å². The number of thioether (sulfide) groups is 1. The second-order valence-corrected chi connectivity index (χ2v) is 7.40. The lowest BCUT2D eigenvalue weighted by Gasteiger charge is -2.25. The van der Waals surface area contributed by atoms with Crippen LogP contribution in [0.1, 0.15) is 13.3 Å². The van der Waals surface area contributed by atoms with Gasteiger partial charge >= 0.3 is 8.80 Å². The highest BCUT2D eigenvalue weighted by Gasteiger charge is 2.37. The van der Waals surface area contributed by atoms with Crippen molar-refractivity contribution >= 4 is 25.7 Å². The Morgan fingerprint density at radius 1 is 1.24 bits per heavy atom. The lowest BCUT2D eigenvalue weighted by atomic mass is 10.6. The largest absolute Gasteiger partial charge is 0.500 e. The summed E-state index contributed by atoms with van der Waals surface area (Å²) >= 11 is 1.27. The summed E-state index contributed by atoms with van der Waals surface area (Å²) in [7, 11) is 2.24. The highest BCUT2D eigenvalue weighted by molar-refractivity contribution is 8.13. The van der Waals surface area contributed by atoms with E-state index in [2.05, 4.69) is 0 Å². The first-order valence-electron chi connectivity index (χ1n) is 5.53. The van der Waals surface area contributed by atoms with Gasteiger partial charge in [-0.1, -0.05) is 11.8 Å². The number of hydrogen-bond donors (Lipinski definition) is 0. The predicted octanol–water partition coefficient (Wildman–Crippen LogP) is 1.55. The number of carbonyl (C=O) groups is 1. The molecule has 0 aromatic rings. The number of hydrogen-bond acceptors (Lipinski definition) is 6. The fourth-order valence-corrected chi connectivity index (χ4v) is 4.31. The Bertz CT molecular complexity index is 211. The van der Waals surface area contributed by atoms with Crippen molar-refractivity contribution in [2.75, 3.05) is 40.3 Å². The minimum atomic E-state index is -2.49. The molecule has 0 radical (unpaired) electrons. The third-order valence-electron chi connectivity index (χ3n) is 2.14. The van der Waals surface area contributed by atoms with Crippen molar-refractivity contribution in [1.82, 2.24) is 0 Å². The fourth-order valence-electron chi connectivity index (χ4n) is 1.33. The van der Waals surface area contributed by atoms with Crippen LogP contribution in [-0.2, 0) is 22.8 Å². The summed E-state index contributed by atoms with van der Waals surface area (Å²) in [5.74, 6) is 0.733. The van der Waals surface area contributed by atoms with Crippen LogP contribution in [0, 0.1) is 0 Å². The van der Waals surface area contributed by atoms with Crippen LogP contribution in [0.4, 0.5) is 0 Å². The van der Waals surface area contributed by atoms with E-state index in [1.807, 2.05) is 6.92 Å². The smallest absolute Gasteiger partial charge is 0.377 e. The maximum atomic E-state index is 11.2. The van der Waals surface area contributed by atoms with Gasteiger partial charge in [0.1, 0.15) is 6.61 Å². The first-order valence-corrected chi connectivity index (χ1v) is 8.44. The van der Waals surface area contributed by atoms with Gasteiger partial charge in [-0.15, -0.1) is 0 Å². The number of methoxy groups -OCH3 is 1. The van der Waals surface area contributed by atoms with Gasteiger partial charge in [-0.3, -0.25) is 4.79 Å². The fraction of sp³-hybridized carbons (Fsp3) is 0.900. The van der Waals surface area contributed by atoms with Crippen LogP contribution in [0.5, 0.6) is 0 Å². The molecule has 0 amide bonds. The quantitative estimate of drug-likeness (QED) is 0.448. The summed E-state index contributed by atoms with van der Waals surface area (Å²) in [5.41, 5.74) is 0. The van der Waals surface area contributed by atoms with E-state index < -0.39 is 8.80 Å². The average Bonchev–Trinajstić information content (AvgIpc) is 2.33. The van der Waals surface area contributed by atoms with Crippen molar-refractivity contribution < 1.29 is 22.8 Å². The highest BCUT2D eigenvalue weighted by atomic mass is 32.2. The summed E-state index contributed by atoms with van der Waals surface area (Å²) in [4.78, 5) is 11.2. The topological polar surface area (TPSA) is 54.0 Å². The SMILES string of the molecule is CCO[Si](CCCSC(=O)COC)(OC)OC. The van der Waals surface area contributed by atoms with Crippen molar-refractivity contribution in [2.45, 2.75) is 19.4 Å². The molecule has 0 aliphatic rings. The van der Waals surface area contributed by atoms with Gasteiger partial charge in [0, 0.05) is 39.7 Å². The van der Waals surface area contributed by atoms with E-state index in [1.54, 1.807) is 14.2 Å². The molecule has 0 unspecified atom stereocenters. The van der Waals surface area contributed by atoms with Crippen molar-refractivity contribution in [3.05, 3.63) is 0 Å². The molecular weight excluding hydrogens is 260 g/mol. The Kier molecular flexibility index (Phi) is 10.1. The monoisotopic (exact) mass is 282 g/mol. The molecule has 0 aliphatic heterocycles. The second kappa shape index (κ2) is 10.0. The van der Waals surface area contributed by atoms with E-state index in [0.717, 1.165) is 18.2 Å². The first-order chi connectivity index (χ1) is 8.14. The predicted molar refractivity (Wildman–Crippen MR) is 70.2 cm³/mol. The molecule has 0 aromatic carbocycles. The molecule has 0 heterocycles. The first kappa shape index (κ1) is 17.1. The Balaban J connectivity index is 3.86. The number of rotatable bonds is 10. The molecule has 0 saturated heterocycles. The van der Waals surface area contributed by atoms with Gasteiger partial charge in [0.05, 0.1) is 0 Å². The van der Waals surface area contributed by atoms with Crippen molar-refractivity contribution in [3.63, 3.8) is 0 Å². The molecule has 0 bridgehead atoms. The Morgan fingerprint density at radius 3 is 2.35 bits per heavy atom. The zero-order valence-electron chi connectivity index (χ0n) is 11.0. The molecule has 0 aromatic heterocycles. The van der Waals surface area contributed by atoms with E-state index in [4.69, 9.17) is 18.0 Å². The molecule has 0 saturated carbocycles. The molecule has 0 N–H and O–H groups in total. The van der Waals surface area contributed by atoms with Gasteiger partial charge < -0.3 is 18.0 Å². The summed E-state index contributed by atoms with van der Waals surface area (Å²) in [6.07, 6.45) is 0.827. The minimum absolute atomic E-state index is 0.0472. The molecule has 0 aliphatic carbocycles. The van der Waals surface area contributed by atoms with Gasteiger partial charge in [0.2, 0.25) is 5.12 Å². The van der Waals surface area contributed by atoms with E-state index in [1.165, 1.54) is 18.9 Å². The van der Waals surface area contributed by atoms with Gasteiger partial charge in [-0.05, 0) is 13.3 Å². The van der Waals surface area contributed by atoms with Crippen LogP contribution in [0.15, 0.2) is 0 Å². The van der Waals surface area contributed by atoms with E-state index in [9.17, 15) is 4.79 Å². The number of carbonyl (C=O) groups excluding carboxylic acids is 1. The number of ether oxygens (including phenoxy) is 1. The van der Waals surface area contributed by atoms with Gasteiger partial charge in [-0.2, -0.15) is 0 Å². The van der Waals surface area contributed by atoms with Gasteiger partial charge in [-0.25, -0.2) is 0 Å². The lowest BCUT2D eigenvalue weighted by molar-refractivity contribution is -0.114. The molecule has 7 heteroatoms. The van der Waals surface area contributed by atoms with Crippen molar-refractivity contribution in [2.24, 2.45) is 0 Å². The van der Waals surface area contributed by atoms with Crippen LogP contribution in [0.3, 0.4) is 0 Å². The van der Waals surface area contributed by atoms with Crippen molar-refractivity contribution in [1.29, 1.82) is 0 Å². The summed E-state index contributed by atoms with van der Waals surface area (Å²) in [6, 6.07) is 0.723. The Morgan fingerprint density at radius 2 is 1.88 bits per heavy atom. The molecule has 0 atom stereocenters. The standard InChI is InChI=1S/C10H22O5SSi/c1-5-15-17(13-3,14-4)8-6-7-16-10(11)9-12-2/h5-9H2,1-4H3. The Labute approximate surface area is 109 Å². The van der Waals surface area contributed by atoms with E-state index >= 15 is 0 Å². The minimum Gasteiger partial charge on any atom is -0.377 e. The zero-order chi connectivity index (χ0) is 13.1. The van der Waals surface area contributed by atoms with Crippen molar-refractivity contribution in [3.8, 4) is 0 Å². The van der Waals surface area contributed by atoms with E-state index in [0.29, 0.717) is 6.61 Å². The normalized spacial score (nSPS) is 11.8. The molecule has 0 rings (SSSR count). The molecule has 5 nitrogen and oxygen atoms in total. The summed E-state index contributed by atoms with van der Waals surface area (Å²) in [6.45, 7) is 2.65. The summed E-state index contributed by atoms with van der Waals surface area (Å²) in [5, 5.41) is 0.0472. The summed E-state index contributed by atoms with van der Waals surface area (Å²) < 4.78 is 21.0. The highest BCUT2D eigenvalue weighted by Crippen LogP contribution is 2.18. The molecular formula is C10H22O5SSi. The van der Waals surface area contributed by atoms with Gasteiger partial charge in [0.15, 0.2) is 0 Å². The van der Waals surface area contributed by atoms with E-state index in [-0.39, 0.29) is 11.7 Å². The van der Waals surface area contributed by atoms with Gasteiger partial charge in [0.25, 0.3) is 0 Å². The average molecular weight is 282 g/mol.